The predicted molar refractivity (Wildman–Crippen MR) is 83.4 cm³/mol. The first-order valence-electron chi connectivity index (χ1n) is 7.91. The summed E-state index contributed by atoms with van der Waals surface area (Å²) in [6.07, 6.45) is 4.72. The van der Waals surface area contributed by atoms with E-state index >= 15 is 0 Å². The molecule has 3 rings (SSSR count). The lowest BCUT2D eigenvalue weighted by atomic mass is 10.0. The number of urea groups is 1. The summed E-state index contributed by atoms with van der Waals surface area (Å²) in [5.41, 5.74) is 0. The zero-order valence-corrected chi connectivity index (χ0v) is 13.0. The Labute approximate surface area is 129 Å². The van der Waals surface area contributed by atoms with Crippen LogP contribution in [-0.4, -0.2) is 54.2 Å². The van der Waals surface area contributed by atoms with Gasteiger partial charge in [-0.3, -0.25) is 4.79 Å². The van der Waals surface area contributed by atoms with Crippen LogP contribution in [-0.2, 0) is 4.79 Å². The van der Waals surface area contributed by atoms with Crippen LogP contribution >= 0.6 is 11.8 Å². The third kappa shape index (κ3) is 3.83. The third-order valence-electron chi connectivity index (χ3n) is 4.51. The van der Waals surface area contributed by atoms with Gasteiger partial charge in [-0.25, -0.2) is 4.79 Å². The first-order chi connectivity index (χ1) is 10.2. The highest BCUT2D eigenvalue weighted by Gasteiger charge is 2.42. The molecular formula is C14H24N4O2S. The fraction of sp³-hybridized carbons (Fsp3) is 0.857. The van der Waals surface area contributed by atoms with Crippen LogP contribution in [0.15, 0.2) is 0 Å². The molecule has 0 aromatic rings. The molecule has 3 heterocycles. The minimum atomic E-state index is -0.0279. The number of carbonyl (C=O) groups is 2. The Morgan fingerprint density at radius 1 is 1.33 bits per heavy atom. The van der Waals surface area contributed by atoms with Gasteiger partial charge in [0.15, 0.2) is 0 Å². The van der Waals surface area contributed by atoms with E-state index in [1.54, 1.807) is 0 Å². The van der Waals surface area contributed by atoms with Gasteiger partial charge in [-0.1, -0.05) is 6.42 Å². The summed E-state index contributed by atoms with van der Waals surface area (Å²) in [6, 6.07) is 0.870. The molecule has 0 spiro atoms. The van der Waals surface area contributed by atoms with Crippen molar-refractivity contribution in [2.75, 3.05) is 18.8 Å². The van der Waals surface area contributed by atoms with Crippen molar-refractivity contribution in [1.29, 1.82) is 0 Å². The summed E-state index contributed by atoms with van der Waals surface area (Å²) >= 11 is 1.94. The van der Waals surface area contributed by atoms with Crippen molar-refractivity contribution < 1.29 is 9.59 Å². The molecule has 118 valence electrons. The van der Waals surface area contributed by atoms with E-state index in [0.717, 1.165) is 44.5 Å². The van der Waals surface area contributed by atoms with Crippen LogP contribution < -0.4 is 21.3 Å². The van der Waals surface area contributed by atoms with E-state index < -0.39 is 0 Å². The first-order valence-corrected chi connectivity index (χ1v) is 8.96. The first kappa shape index (κ1) is 15.0. The van der Waals surface area contributed by atoms with Crippen molar-refractivity contribution in [2.45, 2.75) is 55.5 Å². The summed E-state index contributed by atoms with van der Waals surface area (Å²) < 4.78 is 0. The largest absolute Gasteiger partial charge is 0.352 e. The quantitative estimate of drug-likeness (QED) is 0.417. The second kappa shape index (κ2) is 6.87. The van der Waals surface area contributed by atoms with Gasteiger partial charge in [-0.2, -0.15) is 11.8 Å². The molecule has 3 aliphatic rings. The smallest absolute Gasteiger partial charge is 0.315 e. The molecule has 0 aromatic heterocycles. The highest BCUT2D eigenvalue weighted by atomic mass is 32.2. The molecular weight excluding hydrogens is 288 g/mol. The lowest BCUT2D eigenvalue weighted by molar-refractivity contribution is -0.121. The number of nitrogens with one attached hydrogen (secondary N) is 4. The lowest BCUT2D eigenvalue weighted by Gasteiger charge is -2.16. The van der Waals surface area contributed by atoms with Crippen molar-refractivity contribution in [1.82, 2.24) is 21.3 Å². The molecule has 4 N–H and O–H groups in total. The van der Waals surface area contributed by atoms with Crippen molar-refractivity contribution in [3.8, 4) is 0 Å². The summed E-state index contributed by atoms with van der Waals surface area (Å²) in [6.45, 7) is 1.91. The lowest BCUT2D eigenvalue weighted by Crippen LogP contribution is -2.37. The minimum Gasteiger partial charge on any atom is -0.352 e. The van der Waals surface area contributed by atoms with E-state index in [2.05, 4.69) is 21.3 Å². The van der Waals surface area contributed by atoms with E-state index in [1.165, 1.54) is 0 Å². The number of fused-ring (bicyclic) bond motifs is 1. The van der Waals surface area contributed by atoms with Gasteiger partial charge in [-0.15, -0.1) is 0 Å². The molecule has 4 atom stereocenters. The summed E-state index contributed by atoms with van der Waals surface area (Å²) in [5, 5.41) is 12.8. The number of amides is 3. The van der Waals surface area contributed by atoms with Crippen LogP contribution in [0.4, 0.5) is 4.79 Å². The van der Waals surface area contributed by atoms with E-state index in [0.29, 0.717) is 23.8 Å². The number of rotatable bonds is 6. The molecule has 3 fully saturated rings. The maximum atomic E-state index is 11.8. The second-order valence-corrected chi connectivity index (χ2v) is 7.40. The number of hydrogen-bond donors (Lipinski definition) is 4. The van der Waals surface area contributed by atoms with Crippen LogP contribution in [0.2, 0.25) is 0 Å². The summed E-state index contributed by atoms with van der Waals surface area (Å²) in [4.78, 5) is 23.1. The van der Waals surface area contributed by atoms with Crippen molar-refractivity contribution in [2.24, 2.45) is 0 Å². The Kier molecular flexibility index (Phi) is 4.90. The minimum absolute atomic E-state index is 0.0279. The van der Waals surface area contributed by atoms with Gasteiger partial charge in [0.25, 0.3) is 0 Å². The molecule has 6 nitrogen and oxygen atoms in total. The zero-order chi connectivity index (χ0) is 14.7. The average molecular weight is 312 g/mol. The molecule has 0 saturated carbocycles. The van der Waals surface area contributed by atoms with Gasteiger partial charge in [0.1, 0.15) is 0 Å². The highest BCUT2D eigenvalue weighted by Crippen LogP contribution is 2.33. The van der Waals surface area contributed by atoms with Gasteiger partial charge < -0.3 is 21.3 Å². The number of unbranched alkanes of at least 4 members (excludes halogenated alkanes) is 1. The predicted octanol–water partition coefficient (Wildman–Crippen LogP) is 0.190. The molecule has 0 aliphatic carbocycles. The number of thioether (sulfide) groups is 1. The second-order valence-electron chi connectivity index (χ2n) is 6.12. The fourth-order valence-electron chi connectivity index (χ4n) is 3.35. The highest BCUT2D eigenvalue weighted by molar-refractivity contribution is 8.00. The SMILES string of the molecule is O=C(CCCC[C@@H]1SC[C@@H]2NC(=O)N[C@@H]21)N[C@H]1CCNC1. The Morgan fingerprint density at radius 2 is 2.24 bits per heavy atom. The molecule has 0 aromatic carbocycles. The molecule has 0 bridgehead atoms. The Hall–Kier alpha value is -0.950. The molecule has 7 heteroatoms. The van der Waals surface area contributed by atoms with Crippen molar-refractivity contribution in [3.05, 3.63) is 0 Å². The van der Waals surface area contributed by atoms with Crippen LogP contribution in [0.5, 0.6) is 0 Å². The topological polar surface area (TPSA) is 82.3 Å². The van der Waals surface area contributed by atoms with E-state index in [4.69, 9.17) is 0 Å². The molecule has 3 saturated heterocycles. The fourth-order valence-corrected chi connectivity index (χ4v) is 4.90. The standard InChI is InChI=1S/C14H24N4O2S/c19-12(16-9-5-6-15-7-9)4-2-1-3-11-13-10(8-21-11)17-14(20)18-13/h9-11,13,15H,1-8H2,(H,16,19)(H2,17,18,20)/t9-,10-,11-,13-/m0/s1. The average Bonchev–Trinajstić information content (AvgIpc) is 3.13. The summed E-state index contributed by atoms with van der Waals surface area (Å²) in [7, 11) is 0. The van der Waals surface area contributed by atoms with E-state index in [1.807, 2.05) is 11.8 Å². The molecule has 3 aliphatic heterocycles. The van der Waals surface area contributed by atoms with Crippen molar-refractivity contribution >= 4 is 23.7 Å². The van der Waals surface area contributed by atoms with Gasteiger partial charge in [-0.05, 0) is 25.8 Å². The van der Waals surface area contributed by atoms with Crippen LogP contribution in [0.1, 0.15) is 32.1 Å². The normalized spacial score (nSPS) is 34.4. The third-order valence-corrected chi connectivity index (χ3v) is 6.01. The van der Waals surface area contributed by atoms with Gasteiger partial charge >= 0.3 is 6.03 Å². The van der Waals surface area contributed by atoms with E-state index in [9.17, 15) is 9.59 Å². The number of hydrogen-bond acceptors (Lipinski definition) is 4. The molecule has 21 heavy (non-hydrogen) atoms. The molecule has 3 amide bonds. The van der Waals surface area contributed by atoms with Crippen LogP contribution in [0.25, 0.3) is 0 Å². The molecule has 0 unspecified atom stereocenters. The monoisotopic (exact) mass is 312 g/mol. The summed E-state index contributed by atoms with van der Waals surface area (Å²) in [5.74, 6) is 1.18. The zero-order valence-electron chi connectivity index (χ0n) is 12.2. The Morgan fingerprint density at radius 3 is 3.05 bits per heavy atom. The number of carbonyl (C=O) groups excluding carboxylic acids is 2. The maximum absolute atomic E-state index is 11.8. The van der Waals surface area contributed by atoms with Crippen LogP contribution in [0.3, 0.4) is 0 Å². The molecule has 0 radical (unpaired) electrons. The Balaban J connectivity index is 1.29. The van der Waals surface area contributed by atoms with Gasteiger partial charge in [0.05, 0.1) is 12.1 Å². The maximum Gasteiger partial charge on any atom is 0.315 e. The van der Waals surface area contributed by atoms with E-state index in [-0.39, 0.29) is 18.0 Å². The van der Waals surface area contributed by atoms with Crippen LogP contribution in [0, 0.1) is 0 Å². The van der Waals surface area contributed by atoms with Gasteiger partial charge in [0, 0.05) is 30.0 Å². The Bertz CT molecular complexity index is 400. The van der Waals surface area contributed by atoms with Crippen molar-refractivity contribution in [3.63, 3.8) is 0 Å². The van der Waals surface area contributed by atoms with Gasteiger partial charge in [0.2, 0.25) is 5.91 Å².